The van der Waals surface area contributed by atoms with E-state index in [2.05, 4.69) is 53.2 Å². The first-order valence-corrected chi connectivity index (χ1v) is 11.3. The summed E-state index contributed by atoms with van der Waals surface area (Å²) in [5.74, 6) is 1.10. The molecule has 0 spiro atoms. The average molecular weight is 493 g/mol. The van der Waals surface area contributed by atoms with Gasteiger partial charge in [0.05, 0.1) is 17.5 Å². The summed E-state index contributed by atoms with van der Waals surface area (Å²) in [4.78, 5) is 4.64. The van der Waals surface area contributed by atoms with Crippen LogP contribution in [0.3, 0.4) is 0 Å². The summed E-state index contributed by atoms with van der Waals surface area (Å²) >= 11 is 5.00. The standard InChI is InChI=1S/C22H17BrN6OS/c1-2-10-31-22-26-21-19(28-29-22)15-11-14(23)8-9-17(15)25-20(30-21)16-12-24-27-18(16)13-6-4-3-5-7-13/h2-9,11-12,20,25H,1,10H2,(H,24,27)/t20-/m0/s1. The maximum absolute atomic E-state index is 6.37. The first-order chi connectivity index (χ1) is 15.2. The number of aromatic amines is 1. The molecule has 0 saturated carbocycles. The minimum atomic E-state index is -0.524. The van der Waals surface area contributed by atoms with Crippen molar-refractivity contribution in [2.24, 2.45) is 0 Å². The van der Waals surface area contributed by atoms with Crippen LogP contribution in [0.15, 0.2) is 77.0 Å². The number of anilines is 1. The molecular weight excluding hydrogens is 476 g/mol. The number of halogens is 1. The van der Waals surface area contributed by atoms with Gasteiger partial charge < -0.3 is 10.1 Å². The molecule has 5 rings (SSSR count). The number of rotatable bonds is 5. The molecule has 4 aromatic rings. The highest BCUT2D eigenvalue weighted by Crippen LogP contribution is 2.42. The summed E-state index contributed by atoms with van der Waals surface area (Å²) in [6.45, 7) is 3.75. The molecule has 1 aliphatic rings. The molecule has 0 aliphatic carbocycles. The summed E-state index contributed by atoms with van der Waals surface area (Å²) in [5.41, 5.74) is 5.07. The van der Waals surface area contributed by atoms with Crippen LogP contribution in [-0.4, -0.2) is 31.1 Å². The van der Waals surface area contributed by atoms with Gasteiger partial charge in [0.2, 0.25) is 17.3 Å². The van der Waals surface area contributed by atoms with Crippen LogP contribution in [0.2, 0.25) is 0 Å². The van der Waals surface area contributed by atoms with Crippen molar-refractivity contribution in [1.82, 2.24) is 25.4 Å². The zero-order chi connectivity index (χ0) is 21.2. The van der Waals surface area contributed by atoms with Gasteiger partial charge in [-0.2, -0.15) is 10.1 Å². The van der Waals surface area contributed by atoms with Crippen molar-refractivity contribution in [3.05, 3.63) is 77.4 Å². The molecule has 0 radical (unpaired) electrons. The molecule has 154 valence electrons. The SMILES string of the molecule is C=CCSc1nnc2c(n1)O[C@@H](c1cn[nH]c1-c1ccccc1)Nc1ccc(Br)cc1-2. The lowest BCUT2D eigenvalue weighted by Crippen LogP contribution is -2.17. The summed E-state index contributed by atoms with van der Waals surface area (Å²) < 4.78 is 7.30. The number of benzene rings is 2. The van der Waals surface area contributed by atoms with Gasteiger partial charge in [0.1, 0.15) is 0 Å². The van der Waals surface area contributed by atoms with E-state index < -0.39 is 6.23 Å². The van der Waals surface area contributed by atoms with Gasteiger partial charge in [-0.15, -0.1) is 16.8 Å². The van der Waals surface area contributed by atoms with E-state index in [0.717, 1.165) is 32.5 Å². The molecule has 31 heavy (non-hydrogen) atoms. The molecule has 3 heterocycles. The molecule has 0 unspecified atom stereocenters. The van der Waals surface area contributed by atoms with Crippen LogP contribution < -0.4 is 10.1 Å². The van der Waals surface area contributed by atoms with Crippen molar-refractivity contribution in [2.45, 2.75) is 11.4 Å². The Hall–Kier alpha value is -3.17. The number of H-pyrrole nitrogens is 1. The van der Waals surface area contributed by atoms with E-state index in [1.54, 1.807) is 12.3 Å². The third kappa shape index (κ3) is 3.94. The average Bonchev–Trinajstić information content (AvgIpc) is 3.23. The number of hydrogen-bond donors (Lipinski definition) is 2. The van der Waals surface area contributed by atoms with Crippen molar-refractivity contribution in [3.63, 3.8) is 0 Å². The van der Waals surface area contributed by atoms with Crippen molar-refractivity contribution in [2.75, 3.05) is 11.1 Å². The number of ether oxygens (including phenoxy) is 1. The first kappa shape index (κ1) is 19.8. The number of aromatic nitrogens is 5. The topological polar surface area (TPSA) is 88.6 Å². The Morgan fingerprint density at radius 1 is 1.16 bits per heavy atom. The molecule has 2 aromatic heterocycles. The molecule has 0 fully saturated rings. The Balaban J connectivity index is 1.62. The van der Waals surface area contributed by atoms with E-state index in [1.165, 1.54) is 11.8 Å². The lowest BCUT2D eigenvalue weighted by molar-refractivity contribution is 0.226. The summed E-state index contributed by atoms with van der Waals surface area (Å²) in [5, 5.41) is 20.1. The molecular formula is C22H17BrN6OS. The Labute approximate surface area is 191 Å². The smallest absolute Gasteiger partial charge is 0.247 e. The zero-order valence-corrected chi connectivity index (χ0v) is 18.7. The van der Waals surface area contributed by atoms with Gasteiger partial charge in [-0.05, 0) is 18.2 Å². The maximum Gasteiger partial charge on any atom is 0.247 e. The molecule has 1 aliphatic heterocycles. The Morgan fingerprint density at radius 3 is 2.87 bits per heavy atom. The second kappa shape index (κ2) is 8.52. The van der Waals surface area contributed by atoms with Gasteiger partial charge in [-0.25, -0.2) is 0 Å². The van der Waals surface area contributed by atoms with Crippen LogP contribution in [0.5, 0.6) is 5.88 Å². The van der Waals surface area contributed by atoms with Crippen LogP contribution in [0.25, 0.3) is 22.5 Å². The van der Waals surface area contributed by atoms with Crippen LogP contribution in [0.4, 0.5) is 5.69 Å². The number of hydrogen-bond acceptors (Lipinski definition) is 7. The predicted molar refractivity (Wildman–Crippen MR) is 125 cm³/mol. The number of nitrogens with one attached hydrogen (secondary N) is 2. The Kier molecular flexibility index (Phi) is 5.44. The molecule has 0 saturated heterocycles. The van der Waals surface area contributed by atoms with Gasteiger partial charge >= 0.3 is 0 Å². The van der Waals surface area contributed by atoms with E-state index in [1.807, 2.05) is 48.5 Å². The lowest BCUT2D eigenvalue weighted by atomic mass is 10.1. The summed E-state index contributed by atoms with van der Waals surface area (Å²) in [6, 6.07) is 15.9. The minimum absolute atomic E-state index is 0.413. The second-order valence-corrected chi connectivity index (χ2v) is 8.65. The predicted octanol–water partition coefficient (Wildman–Crippen LogP) is 5.47. The normalized spacial score (nSPS) is 14.5. The molecule has 7 nitrogen and oxygen atoms in total. The summed E-state index contributed by atoms with van der Waals surface area (Å²) in [6.07, 6.45) is 3.05. The largest absolute Gasteiger partial charge is 0.448 e. The molecule has 0 amide bonds. The van der Waals surface area contributed by atoms with Crippen LogP contribution >= 0.6 is 27.7 Å². The lowest BCUT2D eigenvalue weighted by Gasteiger charge is -2.19. The fourth-order valence-electron chi connectivity index (χ4n) is 3.34. The number of fused-ring (bicyclic) bond motifs is 3. The highest BCUT2D eigenvalue weighted by atomic mass is 79.9. The molecule has 2 N–H and O–H groups in total. The Bertz CT molecular complexity index is 1250. The minimum Gasteiger partial charge on any atom is -0.448 e. The van der Waals surface area contributed by atoms with Crippen molar-refractivity contribution < 1.29 is 4.74 Å². The van der Waals surface area contributed by atoms with E-state index in [4.69, 9.17) is 4.74 Å². The van der Waals surface area contributed by atoms with Crippen molar-refractivity contribution in [3.8, 4) is 28.4 Å². The number of thioether (sulfide) groups is 1. The van der Waals surface area contributed by atoms with E-state index in [-0.39, 0.29) is 0 Å². The third-order valence-corrected chi connectivity index (χ3v) is 6.06. The maximum atomic E-state index is 6.37. The van der Waals surface area contributed by atoms with Gasteiger partial charge in [-0.1, -0.05) is 64.1 Å². The van der Waals surface area contributed by atoms with Crippen molar-refractivity contribution in [1.29, 1.82) is 0 Å². The molecule has 1 atom stereocenters. The second-order valence-electron chi connectivity index (χ2n) is 6.75. The number of nitrogens with zero attached hydrogens (tertiary/aromatic N) is 4. The quantitative estimate of drug-likeness (QED) is 0.282. The zero-order valence-electron chi connectivity index (χ0n) is 16.2. The highest BCUT2D eigenvalue weighted by molar-refractivity contribution is 9.10. The molecule has 2 aromatic carbocycles. The van der Waals surface area contributed by atoms with Crippen LogP contribution in [-0.2, 0) is 0 Å². The Morgan fingerprint density at radius 2 is 2.03 bits per heavy atom. The van der Waals surface area contributed by atoms with Gasteiger partial charge in [0.25, 0.3) is 0 Å². The van der Waals surface area contributed by atoms with Crippen LogP contribution in [0.1, 0.15) is 11.8 Å². The van der Waals surface area contributed by atoms with E-state index in [9.17, 15) is 0 Å². The third-order valence-electron chi connectivity index (χ3n) is 4.73. The first-order valence-electron chi connectivity index (χ1n) is 9.53. The monoisotopic (exact) mass is 492 g/mol. The highest BCUT2D eigenvalue weighted by Gasteiger charge is 2.29. The van der Waals surface area contributed by atoms with Gasteiger partial charge in [0.15, 0.2) is 5.69 Å². The molecule has 0 bridgehead atoms. The fraction of sp³-hybridized carbons (Fsp3) is 0.0909. The van der Waals surface area contributed by atoms with Crippen molar-refractivity contribution >= 4 is 33.4 Å². The van der Waals surface area contributed by atoms with E-state index >= 15 is 0 Å². The fourth-order valence-corrected chi connectivity index (χ4v) is 4.21. The summed E-state index contributed by atoms with van der Waals surface area (Å²) in [7, 11) is 0. The van der Waals surface area contributed by atoms with Crippen LogP contribution in [0, 0.1) is 0 Å². The van der Waals surface area contributed by atoms with Gasteiger partial charge in [-0.3, -0.25) is 5.10 Å². The van der Waals surface area contributed by atoms with Gasteiger partial charge in [0, 0.05) is 27.0 Å². The molecule has 9 heteroatoms. The van der Waals surface area contributed by atoms with E-state index in [0.29, 0.717) is 22.5 Å².